The van der Waals surface area contributed by atoms with Crippen molar-refractivity contribution in [2.24, 2.45) is 4.99 Å². The average molecular weight is 401 g/mol. The normalized spacial score (nSPS) is 12.4. The predicted molar refractivity (Wildman–Crippen MR) is 119 cm³/mol. The van der Waals surface area contributed by atoms with Gasteiger partial charge >= 0.3 is 0 Å². The Morgan fingerprint density at radius 2 is 1.86 bits per heavy atom. The summed E-state index contributed by atoms with van der Waals surface area (Å²) in [6.45, 7) is 3.21. The lowest BCUT2D eigenvalue weighted by Gasteiger charge is -2.26. The van der Waals surface area contributed by atoms with Crippen LogP contribution in [0, 0.1) is 0 Å². The van der Waals surface area contributed by atoms with Crippen LogP contribution in [0.4, 0.5) is 5.69 Å². The highest BCUT2D eigenvalue weighted by Crippen LogP contribution is 2.30. The summed E-state index contributed by atoms with van der Waals surface area (Å²) in [5, 5.41) is 6.70. The Morgan fingerprint density at radius 3 is 2.48 bits per heavy atom. The Bertz CT molecular complexity index is 808. The zero-order valence-corrected chi connectivity index (χ0v) is 18.2. The zero-order valence-electron chi connectivity index (χ0n) is 18.2. The Balaban J connectivity index is 2.08. The van der Waals surface area contributed by atoms with E-state index in [0.29, 0.717) is 30.6 Å². The number of aliphatic imine (C=N–C) groups is 1. The number of nitrogens with zero attached hydrogens (tertiary/aromatic N) is 2. The fourth-order valence-electron chi connectivity index (χ4n) is 2.98. The van der Waals surface area contributed by atoms with Gasteiger partial charge in [-0.05, 0) is 50.8 Å². The summed E-state index contributed by atoms with van der Waals surface area (Å²) in [5.74, 6) is 2.91. The second-order valence-electron chi connectivity index (χ2n) is 6.63. The average Bonchev–Trinajstić information content (AvgIpc) is 2.74. The Morgan fingerprint density at radius 1 is 1.07 bits per heavy atom. The van der Waals surface area contributed by atoms with Gasteiger partial charge in [0.25, 0.3) is 0 Å². The van der Waals surface area contributed by atoms with E-state index in [9.17, 15) is 0 Å². The van der Waals surface area contributed by atoms with E-state index in [1.54, 1.807) is 21.3 Å². The molecule has 0 aliphatic rings. The van der Waals surface area contributed by atoms with E-state index >= 15 is 0 Å². The third-order valence-electron chi connectivity index (χ3n) is 4.51. The third kappa shape index (κ3) is 6.29. The molecule has 0 saturated carbocycles. The van der Waals surface area contributed by atoms with Crippen molar-refractivity contribution in [3.05, 3.63) is 48.0 Å². The van der Waals surface area contributed by atoms with Gasteiger partial charge in [-0.25, -0.2) is 0 Å². The monoisotopic (exact) mass is 400 g/mol. The minimum Gasteiger partial charge on any atom is -0.497 e. The quantitative estimate of drug-likeness (QED) is 0.497. The maximum Gasteiger partial charge on any atom is 0.195 e. The van der Waals surface area contributed by atoms with Gasteiger partial charge in [-0.3, -0.25) is 4.99 Å². The van der Waals surface area contributed by atoms with Crippen LogP contribution in [-0.4, -0.2) is 59.4 Å². The molecule has 0 fully saturated rings. The highest BCUT2D eigenvalue weighted by atomic mass is 16.5. The molecule has 2 N–H and O–H groups in total. The van der Waals surface area contributed by atoms with Crippen molar-refractivity contribution in [3.63, 3.8) is 0 Å². The van der Waals surface area contributed by atoms with Crippen LogP contribution < -0.4 is 24.8 Å². The van der Waals surface area contributed by atoms with E-state index in [1.165, 1.54) is 5.56 Å². The van der Waals surface area contributed by atoms with Crippen molar-refractivity contribution in [2.45, 2.75) is 13.0 Å². The largest absolute Gasteiger partial charge is 0.497 e. The molecular weight excluding hydrogens is 368 g/mol. The lowest BCUT2D eigenvalue weighted by Crippen LogP contribution is -2.38. The van der Waals surface area contributed by atoms with Crippen LogP contribution in [0.25, 0.3) is 0 Å². The van der Waals surface area contributed by atoms with Crippen LogP contribution in [0.3, 0.4) is 0 Å². The molecule has 1 atom stereocenters. The molecule has 2 rings (SSSR count). The number of hydrogen-bond donors (Lipinski definition) is 2. The summed E-state index contributed by atoms with van der Waals surface area (Å²) in [6.07, 6.45) is 0. The summed E-state index contributed by atoms with van der Waals surface area (Å²) >= 11 is 0. The summed E-state index contributed by atoms with van der Waals surface area (Å²) in [5.41, 5.74) is 2.03. The van der Waals surface area contributed by atoms with Crippen LogP contribution in [0.2, 0.25) is 0 Å². The summed E-state index contributed by atoms with van der Waals surface area (Å²) in [7, 11) is 9.17. The van der Waals surface area contributed by atoms with Crippen LogP contribution in [0.15, 0.2) is 47.5 Å². The first-order valence-electron chi connectivity index (χ1n) is 9.61. The molecule has 29 heavy (non-hydrogen) atoms. The van der Waals surface area contributed by atoms with Crippen LogP contribution >= 0.6 is 0 Å². The van der Waals surface area contributed by atoms with E-state index in [0.717, 1.165) is 11.4 Å². The molecule has 2 aromatic rings. The van der Waals surface area contributed by atoms with Gasteiger partial charge in [0.15, 0.2) is 17.5 Å². The molecule has 0 spiro atoms. The zero-order chi connectivity index (χ0) is 21.2. The molecule has 0 aromatic heterocycles. The van der Waals surface area contributed by atoms with E-state index in [-0.39, 0.29) is 6.04 Å². The van der Waals surface area contributed by atoms with Gasteiger partial charge in [-0.2, -0.15) is 0 Å². The van der Waals surface area contributed by atoms with Gasteiger partial charge in [0.1, 0.15) is 5.75 Å². The number of rotatable bonds is 9. The molecule has 0 saturated heterocycles. The number of hydrogen-bond acceptors (Lipinski definition) is 5. The number of benzene rings is 2. The number of methoxy groups -OCH3 is 2. The lowest BCUT2D eigenvalue weighted by molar-refractivity contribution is 0.297. The molecule has 2 aromatic carbocycles. The molecule has 7 heteroatoms. The van der Waals surface area contributed by atoms with Crippen LogP contribution in [0.5, 0.6) is 17.2 Å². The topological polar surface area (TPSA) is 67.3 Å². The molecular formula is C22H32N4O3. The van der Waals surface area contributed by atoms with E-state index < -0.39 is 0 Å². The maximum atomic E-state index is 5.57. The van der Waals surface area contributed by atoms with Gasteiger partial charge in [0.05, 0.1) is 26.9 Å². The number of guanidine groups is 1. The van der Waals surface area contributed by atoms with Crippen molar-refractivity contribution >= 4 is 11.6 Å². The lowest BCUT2D eigenvalue weighted by atomic mass is 10.1. The predicted octanol–water partition coefficient (Wildman–Crippen LogP) is 3.39. The van der Waals surface area contributed by atoms with E-state index in [4.69, 9.17) is 14.2 Å². The first-order valence-corrected chi connectivity index (χ1v) is 9.61. The van der Waals surface area contributed by atoms with Gasteiger partial charge < -0.3 is 29.7 Å². The van der Waals surface area contributed by atoms with Crippen molar-refractivity contribution in [1.82, 2.24) is 10.2 Å². The highest BCUT2D eigenvalue weighted by Gasteiger charge is 2.16. The first kappa shape index (κ1) is 22.4. The maximum absolute atomic E-state index is 5.57. The minimum absolute atomic E-state index is 0.151. The van der Waals surface area contributed by atoms with Crippen molar-refractivity contribution in [2.75, 3.05) is 53.8 Å². The van der Waals surface area contributed by atoms with Crippen molar-refractivity contribution in [3.8, 4) is 17.2 Å². The fourth-order valence-corrected chi connectivity index (χ4v) is 2.98. The van der Waals surface area contributed by atoms with Crippen molar-refractivity contribution in [1.29, 1.82) is 0 Å². The summed E-state index contributed by atoms with van der Waals surface area (Å²) < 4.78 is 16.4. The number of nitrogens with one attached hydrogen (secondary N) is 2. The molecule has 158 valence electrons. The van der Waals surface area contributed by atoms with Gasteiger partial charge in [-0.15, -0.1) is 0 Å². The first-order chi connectivity index (χ1) is 14.0. The second-order valence-corrected chi connectivity index (χ2v) is 6.63. The van der Waals surface area contributed by atoms with Crippen LogP contribution in [0.1, 0.15) is 18.5 Å². The molecule has 0 heterocycles. The van der Waals surface area contributed by atoms with E-state index in [1.807, 2.05) is 37.3 Å². The number of likely N-dealkylation sites (N-methyl/N-ethyl adjacent to an activating group) is 1. The SMILES string of the molecule is CCOc1ccc(NC(=NC)NCC(c2cccc(OC)c2)N(C)C)cc1OC. The van der Waals surface area contributed by atoms with Gasteiger partial charge in [0, 0.05) is 25.3 Å². The van der Waals surface area contributed by atoms with E-state index in [2.05, 4.69) is 46.8 Å². The summed E-state index contributed by atoms with van der Waals surface area (Å²) in [4.78, 5) is 6.50. The molecule has 0 bridgehead atoms. The number of anilines is 1. The molecule has 0 aliphatic heterocycles. The number of ether oxygens (including phenoxy) is 3. The molecule has 0 radical (unpaired) electrons. The molecule has 0 aliphatic carbocycles. The third-order valence-corrected chi connectivity index (χ3v) is 4.51. The molecule has 7 nitrogen and oxygen atoms in total. The van der Waals surface area contributed by atoms with Gasteiger partial charge in [-0.1, -0.05) is 12.1 Å². The van der Waals surface area contributed by atoms with Gasteiger partial charge in [0.2, 0.25) is 0 Å². The van der Waals surface area contributed by atoms with Crippen LogP contribution in [-0.2, 0) is 0 Å². The highest BCUT2D eigenvalue weighted by molar-refractivity contribution is 5.93. The standard InChI is InChI=1S/C22H32N4O3/c1-7-29-20-12-11-17(14-21(20)28-6)25-22(23-2)24-15-19(26(3)4)16-9-8-10-18(13-16)27-5/h8-14,19H,7,15H2,1-6H3,(H2,23,24,25). The smallest absolute Gasteiger partial charge is 0.195 e. The summed E-state index contributed by atoms with van der Waals surface area (Å²) in [6, 6.07) is 14.0. The Labute approximate surface area is 173 Å². The second kappa shape index (κ2) is 11.2. The molecule has 1 unspecified atom stereocenters. The minimum atomic E-state index is 0.151. The molecule has 0 amide bonds. The van der Waals surface area contributed by atoms with Crippen molar-refractivity contribution < 1.29 is 14.2 Å². The Hall–Kier alpha value is -2.93. The Kier molecular flexibility index (Phi) is 8.61. The fraction of sp³-hybridized carbons (Fsp3) is 0.409.